The highest BCUT2D eigenvalue weighted by atomic mass is 14.9. The number of hydrogen-bond acceptors (Lipinski definition) is 2. The Morgan fingerprint density at radius 1 is 0.545 bits per heavy atom. The van der Waals surface area contributed by atoms with Gasteiger partial charge in [-0.1, -0.05) is 54.6 Å². The van der Waals surface area contributed by atoms with E-state index in [9.17, 15) is 0 Å². The number of aromatic nitrogens is 2. The lowest BCUT2D eigenvalue weighted by Crippen LogP contribution is -1.91. The molecule has 3 aromatic carbocycles. The fourth-order valence-corrected chi connectivity index (χ4v) is 2.72. The predicted octanol–water partition coefficient (Wildman–Crippen LogP) is 4.96. The third-order valence-corrected chi connectivity index (χ3v) is 3.78. The normalized spacial score (nSPS) is 10.7. The highest BCUT2D eigenvalue weighted by molar-refractivity contribution is 5.95. The summed E-state index contributed by atoms with van der Waals surface area (Å²) in [6, 6.07) is 25.0. The van der Waals surface area contributed by atoms with Crippen LogP contribution in [0.5, 0.6) is 0 Å². The van der Waals surface area contributed by atoms with Gasteiger partial charge in [-0.15, -0.1) is 0 Å². The molecule has 4 rings (SSSR count). The lowest BCUT2D eigenvalue weighted by atomic mass is 9.95. The lowest BCUT2D eigenvalue weighted by molar-refractivity contribution is 1.18. The topological polar surface area (TPSA) is 25.8 Å². The molecule has 0 aliphatic rings. The van der Waals surface area contributed by atoms with Gasteiger partial charge in [0.15, 0.2) is 5.82 Å². The number of fused-ring (bicyclic) bond motifs is 1. The predicted molar refractivity (Wildman–Crippen MR) is 90.4 cm³/mol. The van der Waals surface area contributed by atoms with Gasteiger partial charge in [0.1, 0.15) is 0 Å². The molecule has 0 unspecified atom stereocenters. The average molecular weight is 282 g/mol. The Kier molecular flexibility index (Phi) is 3.13. The Labute approximate surface area is 129 Å². The van der Waals surface area contributed by atoms with E-state index in [1.807, 2.05) is 12.1 Å². The summed E-state index contributed by atoms with van der Waals surface area (Å²) in [6.45, 7) is 0. The van der Waals surface area contributed by atoms with Crippen LogP contribution in [0.2, 0.25) is 0 Å². The molecule has 0 saturated heterocycles. The molecule has 0 bridgehead atoms. The second-order valence-electron chi connectivity index (χ2n) is 5.18. The summed E-state index contributed by atoms with van der Waals surface area (Å²) < 4.78 is 0. The maximum atomic E-state index is 4.43. The van der Waals surface area contributed by atoms with Crippen LogP contribution in [0.3, 0.4) is 0 Å². The van der Waals surface area contributed by atoms with E-state index < -0.39 is 0 Å². The summed E-state index contributed by atoms with van der Waals surface area (Å²) in [5.41, 5.74) is 3.40. The van der Waals surface area contributed by atoms with Gasteiger partial charge >= 0.3 is 0 Å². The summed E-state index contributed by atoms with van der Waals surface area (Å²) in [6.07, 6.45) is 3.57. The van der Waals surface area contributed by atoms with Crippen LogP contribution in [0.4, 0.5) is 0 Å². The zero-order valence-corrected chi connectivity index (χ0v) is 12.0. The van der Waals surface area contributed by atoms with Crippen molar-refractivity contribution in [1.29, 1.82) is 0 Å². The number of hydrogen-bond donors (Lipinski definition) is 0. The Bertz CT molecular complexity index is 838. The van der Waals surface area contributed by atoms with Crippen molar-refractivity contribution in [2.45, 2.75) is 0 Å². The molecule has 2 nitrogen and oxygen atoms in total. The van der Waals surface area contributed by atoms with Crippen molar-refractivity contribution in [2.75, 3.05) is 0 Å². The number of benzene rings is 3. The zero-order chi connectivity index (χ0) is 14.8. The molecular formula is C20H14N2. The van der Waals surface area contributed by atoms with Gasteiger partial charge < -0.3 is 0 Å². The summed E-state index contributed by atoms with van der Waals surface area (Å²) >= 11 is 0. The second-order valence-corrected chi connectivity index (χ2v) is 5.18. The smallest absolute Gasteiger partial charge is 0.159 e. The molecule has 0 N–H and O–H groups in total. The minimum absolute atomic E-state index is 0.757. The van der Waals surface area contributed by atoms with Gasteiger partial charge in [0.25, 0.3) is 0 Å². The highest BCUT2D eigenvalue weighted by Crippen LogP contribution is 2.33. The van der Waals surface area contributed by atoms with Crippen LogP contribution < -0.4 is 0 Å². The molecule has 0 radical (unpaired) electrons. The minimum Gasteiger partial charge on any atom is -0.237 e. The molecule has 1 aromatic heterocycles. The van der Waals surface area contributed by atoms with Crippen LogP contribution in [0.25, 0.3) is 33.3 Å². The van der Waals surface area contributed by atoms with Gasteiger partial charge in [-0.2, -0.15) is 0 Å². The molecule has 0 aliphatic carbocycles. The van der Waals surface area contributed by atoms with Crippen molar-refractivity contribution in [3.05, 3.63) is 85.2 Å². The third kappa shape index (κ3) is 2.25. The minimum atomic E-state index is 0.757. The second kappa shape index (κ2) is 5.41. The van der Waals surface area contributed by atoms with E-state index in [1.165, 1.54) is 16.3 Å². The van der Waals surface area contributed by atoms with Crippen LogP contribution in [-0.4, -0.2) is 9.97 Å². The van der Waals surface area contributed by atoms with Crippen molar-refractivity contribution < 1.29 is 0 Å². The summed E-state index contributed by atoms with van der Waals surface area (Å²) in [5.74, 6) is 0.757. The maximum absolute atomic E-state index is 4.43. The molecule has 0 fully saturated rings. The highest BCUT2D eigenvalue weighted by Gasteiger charge is 2.11. The van der Waals surface area contributed by atoms with Crippen molar-refractivity contribution >= 4 is 10.8 Å². The molecule has 0 aliphatic heterocycles. The molecule has 0 saturated carbocycles. The van der Waals surface area contributed by atoms with Crippen LogP contribution >= 0.6 is 0 Å². The van der Waals surface area contributed by atoms with Gasteiger partial charge in [-0.25, -0.2) is 9.97 Å². The molecule has 0 amide bonds. The van der Waals surface area contributed by atoms with Crippen molar-refractivity contribution in [3.8, 4) is 22.5 Å². The van der Waals surface area contributed by atoms with Gasteiger partial charge in [-0.05, 0) is 40.1 Å². The van der Waals surface area contributed by atoms with E-state index in [4.69, 9.17) is 0 Å². The third-order valence-electron chi connectivity index (χ3n) is 3.78. The summed E-state index contributed by atoms with van der Waals surface area (Å²) in [7, 11) is 0. The van der Waals surface area contributed by atoms with Gasteiger partial charge in [0, 0.05) is 18.0 Å². The molecule has 104 valence electrons. The first-order valence-corrected chi connectivity index (χ1v) is 7.27. The van der Waals surface area contributed by atoms with Gasteiger partial charge in [0.2, 0.25) is 0 Å². The first-order valence-electron chi connectivity index (χ1n) is 7.27. The first-order chi connectivity index (χ1) is 10.9. The number of nitrogens with zero attached hydrogens (tertiary/aromatic N) is 2. The van der Waals surface area contributed by atoms with Crippen LogP contribution in [0.1, 0.15) is 0 Å². The Morgan fingerprint density at radius 2 is 1.14 bits per heavy atom. The number of rotatable bonds is 2. The van der Waals surface area contributed by atoms with E-state index >= 15 is 0 Å². The fraction of sp³-hybridized carbons (Fsp3) is 0. The summed E-state index contributed by atoms with van der Waals surface area (Å²) in [5, 5.41) is 2.42. The molecule has 22 heavy (non-hydrogen) atoms. The van der Waals surface area contributed by atoms with Crippen molar-refractivity contribution in [2.24, 2.45) is 0 Å². The lowest BCUT2D eigenvalue weighted by Gasteiger charge is -2.11. The molecule has 0 atom stereocenters. The average Bonchev–Trinajstić information content (AvgIpc) is 2.62. The zero-order valence-electron chi connectivity index (χ0n) is 12.0. The van der Waals surface area contributed by atoms with E-state index in [2.05, 4.69) is 70.6 Å². The Hall–Kier alpha value is -3.00. The standard InChI is InChI=1S/C20H14N2/c1-2-7-15(8-3-1)18-13-16-9-4-5-10-17(16)14-19(18)20-21-11-6-12-22-20/h1-14H. The monoisotopic (exact) mass is 282 g/mol. The molecule has 0 spiro atoms. The molecule has 2 heteroatoms. The first kappa shape index (κ1) is 12.7. The van der Waals surface area contributed by atoms with E-state index in [0.29, 0.717) is 0 Å². The Balaban J connectivity index is 2.04. The SMILES string of the molecule is c1ccc(-c2cc3ccccc3cc2-c2ncccn2)cc1. The van der Waals surface area contributed by atoms with E-state index in [-0.39, 0.29) is 0 Å². The van der Waals surface area contributed by atoms with Gasteiger partial charge in [0.05, 0.1) is 0 Å². The molecule has 1 heterocycles. The van der Waals surface area contributed by atoms with Crippen LogP contribution in [0, 0.1) is 0 Å². The summed E-state index contributed by atoms with van der Waals surface area (Å²) in [4.78, 5) is 8.86. The maximum Gasteiger partial charge on any atom is 0.159 e. The van der Waals surface area contributed by atoms with Crippen molar-refractivity contribution in [1.82, 2.24) is 9.97 Å². The van der Waals surface area contributed by atoms with Crippen LogP contribution in [-0.2, 0) is 0 Å². The Morgan fingerprint density at radius 3 is 1.82 bits per heavy atom. The van der Waals surface area contributed by atoms with E-state index in [0.717, 1.165) is 17.0 Å². The quantitative estimate of drug-likeness (QED) is 0.519. The fourth-order valence-electron chi connectivity index (χ4n) is 2.72. The van der Waals surface area contributed by atoms with E-state index in [1.54, 1.807) is 12.4 Å². The largest absolute Gasteiger partial charge is 0.237 e. The van der Waals surface area contributed by atoms with Crippen LogP contribution in [0.15, 0.2) is 85.2 Å². The molecule has 4 aromatic rings. The van der Waals surface area contributed by atoms with Gasteiger partial charge in [-0.3, -0.25) is 0 Å². The molecular weight excluding hydrogens is 268 g/mol. The van der Waals surface area contributed by atoms with Crippen molar-refractivity contribution in [3.63, 3.8) is 0 Å².